The van der Waals surface area contributed by atoms with Gasteiger partial charge in [-0.05, 0) is 68.3 Å². The van der Waals surface area contributed by atoms with E-state index < -0.39 is 0 Å². The highest BCUT2D eigenvalue weighted by Crippen LogP contribution is 2.30. The highest BCUT2D eigenvalue weighted by Gasteiger charge is 2.27. The van der Waals surface area contributed by atoms with E-state index in [0.29, 0.717) is 17.9 Å². The molecule has 1 fully saturated rings. The van der Waals surface area contributed by atoms with Crippen LogP contribution in [0.15, 0.2) is 54.7 Å². The quantitative estimate of drug-likeness (QED) is 0.394. The lowest BCUT2D eigenvalue weighted by molar-refractivity contribution is -0.120. The number of aromatic nitrogens is 3. The number of carbonyl (C=O) groups is 2. The van der Waals surface area contributed by atoms with Crippen molar-refractivity contribution < 1.29 is 18.7 Å². The van der Waals surface area contributed by atoms with Gasteiger partial charge in [0.25, 0.3) is 0 Å². The van der Waals surface area contributed by atoms with E-state index in [2.05, 4.69) is 20.3 Å². The van der Waals surface area contributed by atoms with Crippen LogP contribution in [0.25, 0.3) is 16.2 Å². The summed E-state index contributed by atoms with van der Waals surface area (Å²) >= 11 is 1.50. The molecule has 1 N–H and O–H groups in total. The van der Waals surface area contributed by atoms with Gasteiger partial charge in [0.1, 0.15) is 5.82 Å². The Bertz CT molecular complexity index is 1310. The molecular weight excluding hydrogens is 469 g/mol. The summed E-state index contributed by atoms with van der Waals surface area (Å²) in [5, 5.41) is 8.47. The van der Waals surface area contributed by atoms with Gasteiger partial charge < -0.3 is 15.0 Å². The first-order chi connectivity index (χ1) is 17.0. The fourth-order valence-electron chi connectivity index (χ4n) is 4.06. The van der Waals surface area contributed by atoms with Crippen LogP contribution in [0.3, 0.4) is 0 Å². The number of esters is 1. The number of halogens is 1. The maximum absolute atomic E-state index is 13.2. The average Bonchev–Trinajstić information content (AvgIpc) is 3.45. The molecule has 0 radical (unpaired) electrons. The molecule has 5 rings (SSSR count). The number of hydrogen-bond acceptors (Lipinski definition) is 7. The second kappa shape index (κ2) is 9.83. The molecule has 1 aliphatic heterocycles. The summed E-state index contributed by atoms with van der Waals surface area (Å²) in [5.41, 5.74) is 2.70. The monoisotopic (exact) mass is 493 g/mol. The van der Waals surface area contributed by atoms with Gasteiger partial charge in [-0.2, -0.15) is 0 Å². The number of ether oxygens (including phenoxy) is 1. The molecule has 0 atom stereocenters. The van der Waals surface area contributed by atoms with Crippen molar-refractivity contribution in [1.82, 2.24) is 14.6 Å². The summed E-state index contributed by atoms with van der Waals surface area (Å²) in [7, 11) is 0. The molecule has 1 aliphatic rings. The molecule has 180 valence electrons. The molecule has 0 bridgehead atoms. The third-order valence-electron chi connectivity index (χ3n) is 5.97. The topological polar surface area (TPSA) is 88.8 Å². The van der Waals surface area contributed by atoms with Crippen molar-refractivity contribution in [3.05, 3.63) is 66.1 Å². The molecule has 2 aromatic carbocycles. The third-order valence-corrected chi connectivity index (χ3v) is 6.96. The van der Waals surface area contributed by atoms with E-state index in [0.717, 1.165) is 47.3 Å². The van der Waals surface area contributed by atoms with Gasteiger partial charge in [-0.3, -0.25) is 4.79 Å². The number of carbonyl (C=O) groups excluding carboxylic acids is 2. The van der Waals surface area contributed by atoms with Crippen LogP contribution < -0.4 is 10.2 Å². The predicted molar refractivity (Wildman–Crippen MR) is 132 cm³/mol. The van der Waals surface area contributed by atoms with Gasteiger partial charge in [-0.25, -0.2) is 18.7 Å². The Hall–Kier alpha value is -3.79. The number of imidazole rings is 1. The molecule has 0 saturated carbocycles. The molecule has 0 aliphatic carbocycles. The van der Waals surface area contributed by atoms with Gasteiger partial charge in [-0.15, -0.1) is 5.10 Å². The zero-order chi connectivity index (χ0) is 24.4. The zero-order valence-electron chi connectivity index (χ0n) is 19.1. The van der Waals surface area contributed by atoms with Crippen LogP contribution in [0.5, 0.6) is 0 Å². The van der Waals surface area contributed by atoms with Crippen molar-refractivity contribution in [1.29, 1.82) is 0 Å². The number of rotatable bonds is 6. The molecular formula is C25H24FN5O3S. The van der Waals surface area contributed by atoms with Gasteiger partial charge in [-0.1, -0.05) is 11.3 Å². The molecule has 1 amide bonds. The second-order valence-corrected chi connectivity index (χ2v) is 9.23. The van der Waals surface area contributed by atoms with E-state index in [1.54, 1.807) is 47.8 Å². The molecule has 8 nitrogen and oxygen atoms in total. The van der Waals surface area contributed by atoms with Crippen molar-refractivity contribution in [2.45, 2.75) is 19.8 Å². The van der Waals surface area contributed by atoms with Crippen LogP contribution in [0.1, 0.15) is 30.1 Å². The largest absolute Gasteiger partial charge is 0.462 e. The number of anilines is 2. The van der Waals surface area contributed by atoms with Crippen LogP contribution >= 0.6 is 11.3 Å². The SMILES string of the molecule is CCOC(=O)c1ccc(NC(=O)C2CCN(c3nn4cc(-c5ccc(F)cc5)nc4s3)CC2)cc1. The highest BCUT2D eigenvalue weighted by atomic mass is 32.1. The van der Waals surface area contributed by atoms with E-state index in [1.165, 1.54) is 23.5 Å². The smallest absolute Gasteiger partial charge is 0.338 e. The number of hydrogen-bond donors (Lipinski definition) is 1. The van der Waals surface area contributed by atoms with Gasteiger partial charge in [0.2, 0.25) is 16.0 Å². The molecule has 0 spiro atoms. The second-order valence-electron chi connectivity index (χ2n) is 8.29. The Morgan fingerprint density at radius 3 is 2.49 bits per heavy atom. The molecule has 10 heteroatoms. The average molecular weight is 494 g/mol. The summed E-state index contributed by atoms with van der Waals surface area (Å²) in [6.45, 7) is 3.53. The van der Waals surface area contributed by atoms with Gasteiger partial charge in [0, 0.05) is 30.3 Å². The van der Waals surface area contributed by atoms with Gasteiger partial charge in [0.15, 0.2) is 0 Å². The molecule has 1 saturated heterocycles. The predicted octanol–water partition coefficient (Wildman–Crippen LogP) is 4.63. The Morgan fingerprint density at radius 2 is 1.83 bits per heavy atom. The number of nitrogens with one attached hydrogen (secondary N) is 1. The number of benzene rings is 2. The molecule has 35 heavy (non-hydrogen) atoms. The Balaban J connectivity index is 1.17. The molecule has 4 aromatic rings. The summed E-state index contributed by atoms with van der Waals surface area (Å²) in [5.74, 6) is -0.769. The maximum atomic E-state index is 13.2. The lowest BCUT2D eigenvalue weighted by atomic mass is 9.96. The summed E-state index contributed by atoms with van der Waals surface area (Å²) < 4.78 is 19.9. The standard InChI is InChI=1S/C25H24FN5O3S/c1-2-34-23(33)18-5-9-20(10-6-18)27-22(32)17-11-13-30(14-12-17)25-29-31-15-21(28-24(31)35-25)16-3-7-19(26)8-4-16/h3-10,15,17H,2,11-14H2,1H3,(H,27,32). The first-order valence-corrected chi connectivity index (χ1v) is 12.3. The van der Waals surface area contributed by atoms with Gasteiger partial charge in [0.05, 0.1) is 24.1 Å². The number of fused-ring (bicyclic) bond motifs is 1. The Labute approximate surface area is 205 Å². The van der Waals surface area contributed by atoms with E-state index in [-0.39, 0.29) is 23.6 Å². The minimum Gasteiger partial charge on any atom is -0.462 e. The Kier molecular flexibility index (Phi) is 6.45. The minimum absolute atomic E-state index is 0.0218. The normalized spacial score (nSPS) is 14.3. The lowest BCUT2D eigenvalue weighted by Gasteiger charge is -2.30. The van der Waals surface area contributed by atoms with Crippen molar-refractivity contribution in [3.8, 4) is 11.3 Å². The van der Waals surface area contributed by atoms with Crippen LogP contribution in [-0.4, -0.2) is 46.2 Å². The van der Waals surface area contributed by atoms with Crippen molar-refractivity contribution in [2.75, 3.05) is 29.9 Å². The summed E-state index contributed by atoms with van der Waals surface area (Å²) in [6.07, 6.45) is 3.28. The minimum atomic E-state index is -0.376. The highest BCUT2D eigenvalue weighted by molar-refractivity contribution is 7.20. The fourth-order valence-corrected chi connectivity index (χ4v) is 4.99. The van der Waals surface area contributed by atoms with Crippen LogP contribution in [-0.2, 0) is 9.53 Å². The van der Waals surface area contributed by atoms with E-state index in [1.807, 2.05) is 6.20 Å². The number of nitrogens with zero attached hydrogens (tertiary/aromatic N) is 4. The van der Waals surface area contributed by atoms with E-state index in [9.17, 15) is 14.0 Å². The molecule has 2 aromatic heterocycles. The van der Waals surface area contributed by atoms with Gasteiger partial charge >= 0.3 is 5.97 Å². The molecule has 0 unspecified atom stereocenters. The lowest BCUT2D eigenvalue weighted by Crippen LogP contribution is -2.38. The van der Waals surface area contributed by atoms with Crippen LogP contribution in [0.4, 0.5) is 15.2 Å². The zero-order valence-corrected chi connectivity index (χ0v) is 19.9. The number of piperidine rings is 1. The maximum Gasteiger partial charge on any atom is 0.338 e. The summed E-state index contributed by atoms with van der Waals surface area (Å²) in [4.78, 5) is 32.1. The Morgan fingerprint density at radius 1 is 1.11 bits per heavy atom. The first kappa shape index (κ1) is 23.0. The summed E-state index contributed by atoms with van der Waals surface area (Å²) in [6, 6.07) is 13.0. The van der Waals surface area contributed by atoms with Crippen molar-refractivity contribution >= 4 is 39.0 Å². The third kappa shape index (κ3) is 5.02. The van der Waals surface area contributed by atoms with Crippen LogP contribution in [0.2, 0.25) is 0 Å². The van der Waals surface area contributed by atoms with Crippen LogP contribution in [0, 0.1) is 11.7 Å². The van der Waals surface area contributed by atoms with E-state index in [4.69, 9.17) is 4.74 Å². The number of amides is 1. The van der Waals surface area contributed by atoms with Crippen molar-refractivity contribution in [3.63, 3.8) is 0 Å². The first-order valence-electron chi connectivity index (χ1n) is 11.5. The molecule has 3 heterocycles. The fraction of sp³-hybridized carbons (Fsp3) is 0.280. The van der Waals surface area contributed by atoms with Crippen molar-refractivity contribution in [2.24, 2.45) is 5.92 Å². The van der Waals surface area contributed by atoms with E-state index >= 15 is 0 Å².